The number of amides is 2. The first-order chi connectivity index (χ1) is 10.3. The number of halogens is 1. The van der Waals surface area contributed by atoms with E-state index in [1.165, 1.54) is 7.11 Å². The Balaban J connectivity index is 2.73. The molecule has 0 saturated heterocycles. The largest absolute Gasteiger partial charge is 0.495 e. The highest BCUT2D eigenvalue weighted by molar-refractivity contribution is 6.32. The maximum Gasteiger partial charge on any atom is 0.239 e. The molecule has 0 atom stereocenters. The van der Waals surface area contributed by atoms with Gasteiger partial charge in [-0.1, -0.05) is 24.9 Å². The van der Waals surface area contributed by atoms with Gasteiger partial charge in [-0.05, 0) is 38.5 Å². The van der Waals surface area contributed by atoms with Crippen LogP contribution in [0.2, 0.25) is 5.02 Å². The third-order valence-corrected chi connectivity index (χ3v) is 3.66. The second-order valence-electron chi connectivity index (χ2n) is 5.54. The second kappa shape index (κ2) is 8.03. The van der Waals surface area contributed by atoms with Crippen LogP contribution < -0.4 is 15.4 Å². The lowest BCUT2D eigenvalue weighted by Gasteiger charge is -2.22. The average Bonchev–Trinajstić information content (AvgIpc) is 2.47. The van der Waals surface area contributed by atoms with E-state index < -0.39 is 5.41 Å². The van der Waals surface area contributed by atoms with Crippen molar-refractivity contribution in [1.82, 2.24) is 5.32 Å². The SMILES string of the molecule is CCCCNC(=O)C(C)(C)C(=O)Nc1ccc(OC)c(Cl)c1. The maximum absolute atomic E-state index is 12.3. The molecule has 5 nitrogen and oxygen atoms in total. The Kier molecular flexibility index (Phi) is 6.68. The number of anilines is 1. The van der Waals surface area contributed by atoms with Crippen molar-refractivity contribution in [2.45, 2.75) is 33.6 Å². The van der Waals surface area contributed by atoms with Crippen molar-refractivity contribution in [2.24, 2.45) is 5.41 Å². The summed E-state index contributed by atoms with van der Waals surface area (Å²) in [4.78, 5) is 24.4. The van der Waals surface area contributed by atoms with Crippen LogP contribution in [-0.2, 0) is 9.59 Å². The Labute approximate surface area is 136 Å². The predicted octanol–water partition coefficient (Wildman–Crippen LogP) is 3.23. The van der Waals surface area contributed by atoms with E-state index in [0.29, 0.717) is 23.0 Å². The minimum absolute atomic E-state index is 0.293. The molecule has 1 rings (SSSR count). The number of nitrogens with one attached hydrogen (secondary N) is 2. The van der Waals surface area contributed by atoms with Crippen LogP contribution in [0, 0.1) is 5.41 Å². The summed E-state index contributed by atoms with van der Waals surface area (Å²) in [6, 6.07) is 4.92. The fourth-order valence-corrected chi connectivity index (χ4v) is 1.99. The van der Waals surface area contributed by atoms with Crippen molar-refractivity contribution < 1.29 is 14.3 Å². The molecule has 0 bridgehead atoms. The summed E-state index contributed by atoms with van der Waals surface area (Å²) in [5.41, 5.74) is -0.648. The Morgan fingerprint density at radius 2 is 1.95 bits per heavy atom. The lowest BCUT2D eigenvalue weighted by Crippen LogP contribution is -2.45. The van der Waals surface area contributed by atoms with Gasteiger partial charge >= 0.3 is 0 Å². The van der Waals surface area contributed by atoms with Gasteiger partial charge in [-0.3, -0.25) is 9.59 Å². The van der Waals surface area contributed by atoms with E-state index in [1.807, 2.05) is 6.92 Å². The van der Waals surface area contributed by atoms with Gasteiger partial charge in [0.05, 0.1) is 12.1 Å². The molecule has 0 aliphatic rings. The zero-order valence-electron chi connectivity index (χ0n) is 13.5. The van der Waals surface area contributed by atoms with E-state index in [-0.39, 0.29) is 11.8 Å². The highest BCUT2D eigenvalue weighted by Crippen LogP contribution is 2.28. The number of carbonyl (C=O) groups is 2. The number of unbranched alkanes of at least 4 members (excludes halogenated alkanes) is 1. The van der Waals surface area contributed by atoms with Crippen molar-refractivity contribution in [2.75, 3.05) is 19.0 Å². The first kappa shape index (κ1) is 18.3. The van der Waals surface area contributed by atoms with Gasteiger partial charge in [0.2, 0.25) is 11.8 Å². The van der Waals surface area contributed by atoms with Crippen molar-refractivity contribution >= 4 is 29.1 Å². The van der Waals surface area contributed by atoms with Gasteiger partial charge in [0.1, 0.15) is 11.2 Å². The van der Waals surface area contributed by atoms with Crippen LogP contribution in [0.5, 0.6) is 5.75 Å². The molecular weight excluding hydrogens is 304 g/mol. The molecule has 22 heavy (non-hydrogen) atoms. The number of ether oxygens (including phenoxy) is 1. The first-order valence-electron chi connectivity index (χ1n) is 7.26. The second-order valence-corrected chi connectivity index (χ2v) is 5.95. The maximum atomic E-state index is 12.3. The molecule has 0 spiro atoms. The molecule has 0 aliphatic heterocycles. The molecule has 0 aromatic heterocycles. The molecule has 0 fully saturated rings. The monoisotopic (exact) mass is 326 g/mol. The summed E-state index contributed by atoms with van der Waals surface area (Å²) < 4.78 is 5.06. The molecule has 0 radical (unpaired) electrons. The highest BCUT2D eigenvalue weighted by atomic mass is 35.5. The van der Waals surface area contributed by atoms with Gasteiger partial charge in [-0.15, -0.1) is 0 Å². The normalized spacial score (nSPS) is 11.0. The van der Waals surface area contributed by atoms with Crippen molar-refractivity contribution in [3.05, 3.63) is 23.2 Å². The number of methoxy groups -OCH3 is 1. The third-order valence-electron chi connectivity index (χ3n) is 3.36. The van der Waals surface area contributed by atoms with Crippen LogP contribution in [0.3, 0.4) is 0 Å². The molecule has 122 valence electrons. The van der Waals surface area contributed by atoms with Gasteiger partial charge < -0.3 is 15.4 Å². The van der Waals surface area contributed by atoms with Crippen molar-refractivity contribution in [3.63, 3.8) is 0 Å². The lowest BCUT2D eigenvalue weighted by molar-refractivity contribution is -0.138. The minimum Gasteiger partial charge on any atom is -0.495 e. The minimum atomic E-state index is -1.17. The van der Waals surface area contributed by atoms with Crippen molar-refractivity contribution in [1.29, 1.82) is 0 Å². The molecule has 0 heterocycles. The number of carbonyl (C=O) groups excluding carboxylic acids is 2. The molecule has 6 heteroatoms. The summed E-state index contributed by atoms with van der Waals surface area (Å²) in [7, 11) is 1.52. The molecule has 0 aliphatic carbocycles. The molecule has 2 amide bonds. The van der Waals surface area contributed by atoms with Crippen LogP contribution in [-0.4, -0.2) is 25.5 Å². The number of hydrogen-bond acceptors (Lipinski definition) is 3. The molecule has 0 saturated carbocycles. The Bertz CT molecular complexity index is 544. The number of rotatable bonds is 7. The van der Waals surface area contributed by atoms with E-state index in [0.717, 1.165) is 12.8 Å². The molecule has 1 aromatic carbocycles. The van der Waals surface area contributed by atoms with Gasteiger partial charge in [0, 0.05) is 12.2 Å². The zero-order chi connectivity index (χ0) is 16.8. The summed E-state index contributed by atoms with van der Waals surface area (Å²) >= 11 is 6.02. The van der Waals surface area contributed by atoms with Crippen LogP contribution >= 0.6 is 11.6 Å². The standard InChI is InChI=1S/C16H23ClN2O3/c1-5-6-9-18-14(20)16(2,3)15(21)19-11-7-8-13(22-4)12(17)10-11/h7-8,10H,5-6,9H2,1-4H3,(H,18,20)(H,19,21). The summed E-state index contributed by atoms with van der Waals surface area (Å²) in [5, 5.41) is 5.87. The summed E-state index contributed by atoms with van der Waals surface area (Å²) in [5.74, 6) is -0.156. The zero-order valence-corrected chi connectivity index (χ0v) is 14.2. The van der Waals surface area contributed by atoms with E-state index in [1.54, 1.807) is 32.0 Å². The van der Waals surface area contributed by atoms with E-state index in [4.69, 9.17) is 16.3 Å². The van der Waals surface area contributed by atoms with E-state index in [9.17, 15) is 9.59 Å². The van der Waals surface area contributed by atoms with Gasteiger partial charge in [-0.2, -0.15) is 0 Å². The average molecular weight is 327 g/mol. The summed E-state index contributed by atoms with van der Waals surface area (Å²) in [6.07, 6.45) is 1.87. The molecule has 0 unspecified atom stereocenters. The smallest absolute Gasteiger partial charge is 0.239 e. The lowest BCUT2D eigenvalue weighted by atomic mass is 9.91. The van der Waals surface area contributed by atoms with E-state index in [2.05, 4.69) is 10.6 Å². The fourth-order valence-electron chi connectivity index (χ4n) is 1.73. The van der Waals surface area contributed by atoms with Crippen LogP contribution in [0.1, 0.15) is 33.6 Å². The number of benzene rings is 1. The topological polar surface area (TPSA) is 67.4 Å². The van der Waals surface area contributed by atoms with Crippen LogP contribution in [0.15, 0.2) is 18.2 Å². The van der Waals surface area contributed by atoms with Gasteiger partial charge in [0.25, 0.3) is 0 Å². The Morgan fingerprint density at radius 3 is 2.50 bits per heavy atom. The fraction of sp³-hybridized carbons (Fsp3) is 0.500. The van der Waals surface area contributed by atoms with Crippen LogP contribution in [0.25, 0.3) is 0 Å². The third kappa shape index (κ3) is 4.63. The van der Waals surface area contributed by atoms with Crippen LogP contribution in [0.4, 0.5) is 5.69 Å². The first-order valence-corrected chi connectivity index (χ1v) is 7.64. The summed E-state index contributed by atoms with van der Waals surface area (Å²) in [6.45, 7) is 5.79. The molecular formula is C16H23ClN2O3. The van der Waals surface area contributed by atoms with Gasteiger partial charge in [-0.25, -0.2) is 0 Å². The Hall–Kier alpha value is -1.75. The quantitative estimate of drug-likeness (QED) is 0.597. The Morgan fingerprint density at radius 1 is 1.27 bits per heavy atom. The highest BCUT2D eigenvalue weighted by Gasteiger charge is 2.35. The van der Waals surface area contributed by atoms with E-state index >= 15 is 0 Å². The predicted molar refractivity (Wildman–Crippen MR) is 88.3 cm³/mol. The molecule has 1 aromatic rings. The number of hydrogen-bond donors (Lipinski definition) is 2. The van der Waals surface area contributed by atoms with Gasteiger partial charge in [0.15, 0.2) is 0 Å². The molecule has 2 N–H and O–H groups in total. The van der Waals surface area contributed by atoms with Crippen molar-refractivity contribution in [3.8, 4) is 5.75 Å².